The van der Waals surface area contributed by atoms with Gasteiger partial charge in [0.05, 0.1) is 35.3 Å². The van der Waals surface area contributed by atoms with Crippen molar-refractivity contribution >= 4 is 38.0 Å². The smallest absolute Gasteiger partial charge is 0.325 e. The second-order valence-corrected chi connectivity index (χ2v) is 13.0. The Labute approximate surface area is 279 Å². The molecule has 0 bridgehead atoms. The van der Waals surface area contributed by atoms with Gasteiger partial charge < -0.3 is 13.7 Å². The van der Waals surface area contributed by atoms with Crippen molar-refractivity contribution in [3.8, 4) is 11.1 Å². The third kappa shape index (κ3) is 8.12. The summed E-state index contributed by atoms with van der Waals surface area (Å²) in [5, 5.41) is 0. The Morgan fingerprint density at radius 2 is 1.27 bits per heavy atom. The van der Waals surface area contributed by atoms with Gasteiger partial charge in [0.25, 0.3) is 5.56 Å². The summed E-state index contributed by atoms with van der Waals surface area (Å²) in [6, 6.07) is 13.1. The highest BCUT2D eigenvalue weighted by Crippen LogP contribution is 2.42. The molecule has 3 aromatic heterocycles. The quantitative estimate of drug-likeness (QED) is 0.142. The van der Waals surface area contributed by atoms with Gasteiger partial charge in [-0.25, -0.2) is 9.97 Å². The summed E-state index contributed by atoms with van der Waals surface area (Å²) in [7, 11) is 1.70. The van der Waals surface area contributed by atoms with Crippen molar-refractivity contribution in [1.29, 1.82) is 0 Å². The Hall–Kier alpha value is -3.69. The van der Waals surface area contributed by atoms with Crippen LogP contribution in [0.5, 0.6) is 0 Å². The van der Waals surface area contributed by atoms with E-state index in [1.807, 2.05) is 51.6 Å². The van der Waals surface area contributed by atoms with Crippen LogP contribution in [0.2, 0.25) is 0 Å². The predicted octanol–water partition coefficient (Wildman–Crippen LogP) is 8.34. The van der Waals surface area contributed by atoms with Crippen LogP contribution in [0.25, 0.3) is 33.2 Å². The van der Waals surface area contributed by atoms with E-state index in [9.17, 15) is 31.1 Å². The maximum absolute atomic E-state index is 12.4. The van der Waals surface area contributed by atoms with Gasteiger partial charge >= 0.3 is 12.7 Å². The highest BCUT2D eigenvalue weighted by atomic mass is 79.9. The first-order valence-corrected chi connectivity index (χ1v) is 16.2. The lowest BCUT2D eigenvalue weighted by atomic mass is 10.1. The standard InChI is InChI=1S/C20H20F3N3O2.C13H12BrF3N2O/c1-12-9-15(11-25(2)19(12)27)14-5-6-16-17(10-14)26(7-8-28-20(21,22)23)18(24-16)13-3-4-13;14-9-3-4-10-11(7-9)19(5-6-20-13(15,16)17)12(18-10)8-1-2-8/h5-6,9-11,13H,3-4,7-8H2,1-2H3;3-4,7-8H,1-2,5-6H2. The lowest BCUT2D eigenvalue weighted by Crippen LogP contribution is -2.18. The van der Waals surface area contributed by atoms with Crippen LogP contribution < -0.4 is 5.56 Å². The molecule has 0 amide bonds. The SMILES string of the molecule is Cc1cc(-c2ccc3nc(C4CC4)n(CCOC(F)(F)F)c3c2)cn(C)c1=O.FC(F)(F)OCCn1c(C2CC2)nc2ccc(Br)cc21. The molecule has 0 unspecified atom stereocenters. The maximum atomic E-state index is 12.4. The number of pyridine rings is 1. The third-order valence-electron chi connectivity index (χ3n) is 8.26. The number of fused-ring (bicyclic) bond motifs is 2. The van der Waals surface area contributed by atoms with Crippen molar-refractivity contribution in [2.24, 2.45) is 7.05 Å². The summed E-state index contributed by atoms with van der Waals surface area (Å²) in [5.41, 5.74) is 5.49. The van der Waals surface area contributed by atoms with Crippen molar-refractivity contribution in [3.05, 3.63) is 80.7 Å². The number of hydrogen-bond acceptors (Lipinski definition) is 5. The van der Waals surface area contributed by atoms with Gasteiger partial charge in [0, 0.05) is 48.2 Å². The summed E-state index contributed by atoms with van der Waals surface area (Å²) in [5.74, 6) is 2.34. The summed E-state index contributed by atoms with van der Waals surface area (Å²) >= 11 is 3.38. The van der Waals surface area contributed by atoms with Crippen LogP contribution in [0.15, 0.2) is 57.9 Å². The molecule has 0 saturated heterocycles. The second-order valence-electron chi connectivity index (χ2n) is 12.0. The van der Waals surface area contributed by atoms with E-state index in [4.69, 9.17) is 0 Å². The highest BCUT2D eigenvalue weighted by molar-refractivity contribution is 9.10. The van der Waals surface area contributed by atoms with Gasteiger partial charge in [-0.2, -0.15) is 0 Å². The van der Waals surface area contributed by atoms with Crippen LogP contribution in [-0.2, 0) is 29.6 Å². The molecule has 0 atom stereocenters. The number of halogens is 7. The van der Waals surface area contributed by atoms with Gasteiger partial charge in [-0.3, -0.25) is 14.3 Å². The molecule has 2 saturated carbocycles. The van der Waals surface area contributed by atoms with Crippen LogP contribution in [0.3, 0.4) is 0 Å². The molecule has 48 heavy (non-hydrogen) atoms. The summed E-state index contributed by atoms with van der Waals surface area (Å²) in [6.45, 7) is 1.13. The van der Waals surface area contributed by atoms with Gasteiger partial charge in [-0.1, -0.05) is 22.0 Å². The fourth-order valence-corrected chi connectivity index (χ4v) is 6.10. The van der Waals surface area contributed by atoms with Crippen molar-refractivity contribution in [3.63, 3.8) is 0 Å². The van der Waals surface area contributed by atoms with Crippen LogP contribution in [0, 0.1) is 6.92 Å². The van der Waals surface area contributed by atoms with Crippen molar-refractivity contribution in [2.45, 2.75) is 70.3 Å². The molecule has 2 aliphatic carbocycles. The Morgan fingerprint density at radius 3 is 1.75 bits per heavy atom. The van der Waals surface area contributed by atoms with Gasteiger partial charge in [-0.15, -0.1) is 26.3 Å². The number of rotatable bonds is 9. The number of benzene rings is 2. The van der Waals surface area contributed by atoms with Crippen molar-refractivity contribution < 1.29 is 35.8 Å². The third-order valence-corrected chi connectivity index (χ3v) is 8.75. The minimum atomic E-state index is -4.65. The molecule has 0 radical (unpaired) electrons. The molecule has 5 aromatic rings. The molecule has 2 aromatic carbocycles. The van der Waals surface area contributed by atoms with Gasteiger partial charge in [0.1, 0.15) is 11.6 Å². The number of ether oxygens (including phenoxy) is 2. The predicted molar refractivity (Wildman–Crippen MR) is 171 cm³/mol. The minimum absolute atomic E-state index is 0.0600. The first kappa shape index (κ1) is 34.2. The topological polar surface area (TPSA) is 76.1 Å². The maximum Gasteiger partial charge on any atom is 0.522 e. The van der Waals surface area contributed by atoms with E-state index < -0.39 is 25.9 Å². The summed E-state index contributed by atoms with van der Waals surface area (Å²) in [4.78, 5) is 21.1. The zero-order valence-corrected chi connectivity index (χ0v) is 27.6. The molecule has 7 rings (SSSR count). The number of aromatic nitrogens is 5. The molecule has 256 valence electrons. The number of imidazole rings is 2. The van der Waals surface area contributed by atoms with Crippen molar-refractivity contribution in [1.82, 2.24) is 23.7 Å². The highest BCUT2D eigenvalue weighted by Gasteiger charge is 2.33. The minimum Gasteiger partial charge on any atom is -0.325 e. The van der Waals surface area contributed by atoms with Crippen LogP contribution in [-0.4, -0.2) is 49.6 Å². The molecule has 2 aliphatic rings. The van der Waals surface area contributed by atoms with Gasteiger partial charge in [0.15, 0.2) is 0 Å². The molecule has 15 heteroatoms. The van der Waals surface area contributed by atoms with Crippen LogP contribution in [0.1, 0.15) is 54.7 Å². The molecule has 0 N–H and O–H groups in total. The van der Waals surface area contributed by atoms with E-state index in [2.05, 4.69) is 35.4 Å². The van der Waals surface area contributed by atoms with E-state index in [0.717, 1.165) is 75.0 Å². The lowest BCUT2D eigenvalue weighted by Gasteiger charge is -2.12. The Kier molecular flexibility index (Phi) is 9.48. The van der Waals surface area contributed by atoms with Gasteiger partial charge in [0.2, 0.25) is 0 Å². The largest absolute Gasteiger partial charge is 0.522 e. The van der Waals surface area contributed by atoms with E-state index >= 15 is 0 Å². The monoisotopic (exact) mass is 739 g/mol. The molecule has 0 aliphatic heterocycles. The van der Waals surface area contributed by atoms with Crippen LogP contribution in [0.4, 0.5) is 26.3 Å². The summed E-state index contributed by atoms with van der Waals surface area (Å²) in [6.07, 6.45) is -3.39. The van der Waals surface area contributed by atoms with E-state index in [0.29, 0.717) is 17.4 Å². The number of aryl methyl sites for hydroxylation is 2. The average Bonchev–Trinajstić information content (AvgIpc) is 3.95. The zero-order valence-electron chi connectivity index (χ0n) is 26.0. The number of nitrogens with zero attached hydrogens (tertiary/aromatic N) is 5. The first-order chi connectivity index (χ1) is 22.7. The van der Waals surface area contributed by atoms with E-state index in [1.54, 1.807) is 20.2 Å². The molecule has 8 nitrogen and oxygen atoms in total. The lowest BCUT2D eigenvalue weighted by molar-refractivity contribution is -0.326. The van der Waals surface area contributed by atoms with E-state index in [1.165, 1.54) is 4.57 Å². The van der Waals surface area contributed by atoms with Crippen molar-refractivity contribution in [2.75, 3.05) is 13.2 Å². The molecule has 3 heterocycles. The average molecular weight is 741 g/mol. The fraction of sp³-hybridized carbons (Fsp3) is 0.424. The summed E-state index contributed by atoms with van der Waals surface area (Å²) < 4.78 is 87.3. The number of hydrogen-bond donors (Lipinski definition) is 0. The first-order valence-electron chi connectivity index (χ1n) is 15.4. The van der Waals surface area contributed by atoms with Gasteiger partial charge in [-0.05, 0) is 80.1 Å². The number of alkyl halides is 6. The molecular formula is C33H32BrF6N5O3. The van der Waals surface area contributed by atoms with Crippen LogP contribution >= 0.6 is 15.9 Å². The molecule has 2 fully saturated rings. The van der Waals surface area contributed by atoms with E-state index in [-0.39, 0.29) is 18.6 Å². The normalized spacial score (nSPS) is 15.3. The zero-order chi connectivity index (χ0) is 34.4. The Bertz CT molecular complexity index is 1980. The molecular weight excluding hydrogens is 708 g/mol. The Balaban J connectivity index is 0.000000177. The Morgan fingerprint density at radius 1 is 0.771 bits per heavy atom. The molecule has 0 spiro atoms. The second kappa shape index (κ2) is 13.3. The fourth-order valence-electron chi connectivity index (χ4n) is 5.75.